The van der Waals surface area contributed by atoms with Gasteiger partial charge in [0.15, 0.2) is 12.2 Å². The molecule has 15 nitrogen and oxygen atoms in total. The van der Waals surface area contributed by atoms with Crippen LogP contribution in [0.2, 0.25) is 0 Å². The first-order chi connectivity index (χ1) is 20.9. The molecule has 2 aromatic carbocycles. The molecule has 0 unspecified atom stereocenters. The summed E-state index contributed by atoms with van der Waals surface area (Å²) in [7, 11) is 2.78. The molecule has 2 heterocycles. The van der Waals surface area contributed by atoms with Gasteiger partial charge in [-0.25, -0.2) is 4.84 Å². The summed E-state index contributed by atoms with van der Waals surface area (Å²) in [6.45, 7) is 2.78. The third-order valence-electron chi connectivity index (χ3n) is 6.58. The molecule has 2 aromatic rings. The molecular formula is C29H30N2O13. The minimum Gasteiger partial charge on any atom is -0.497 e. The third kappa shape index (κ3) is 6.95. The number of hydrogen-bond donors (Lipinski definition) is 1. The van der Waals surface area contributed by atoms with Crippen LogP contribution in [-0.2, 0) is 38.2 Å². The minimum atomic E-state index is -1.75. The maximum Gasteiger partial charge on any atom is 0.303 e. The molecule has 1 N–H and O–H groups in total. The molecule has 0 radical (unpaired) electrons. The first kappa shape index (κ1) is 31.9. The van der Waals surface area contributed by atoms with E-state index in [0.717, 1.165) is 20.8 Å². The fraction of sp³-hybridized carbons (Fsp3) is 0.379. The summed E-state index contributed by atoms with van der Waals surface area (Å²) >= 11 is 0. The Morgan fingerprint density at radius 3 is 1.86 bits per heavy atom. The predicted octanol–water partition coefficient (Wildman–Crippen LogP) is 1.18. The first-order valence-corrected chi connectivity index (χ1v) is 13.2. The van der Waals surface area contributed by atoms with Crippen molar-refractivity contribution in [3.8, 4) is 11.5 Å². The molecule has 0 spiro atoms. The Labute approximate surface area is 251 Å². The standard InChI is InChI=1S/C29H30N2O13/c1-14(32)40-13-22-24(41-15(2)33)23(30-26(35)17-10-18(38-4)12-19(11-17)39-5)25(42-16(3)34)29(43-22)44-31-27(36)20-8-6-7-9-21(20)28(31)37/h6-12,22-25,29H,13H2,1-5H3,(H,30,35)/t22-,23+,24+,25-,29+/m1/s1. The van der Waals surface area contributed by atoms with Crippen LogP contribution in [0.4, 0.5) is 0 Å². The Morgan fingerprint density at radius 2 is 1.36 bits per heavy atom. The number of benzene rings is 2. The van der Waals surface area contributed by atoms with Crippen LogP contribution in [-0.4, -0.2) is 92.2 Å². The molecule has 1 saturated heterocycles. The van der Waals surface area contributed by atoms with Crippen molar-refractivity contribution in [3.63, 3.8) is 0 Å². The lowest BCUT2D eigenvalue weighted by molar-refractivity contribution is -0.324. The molecule has 0 bridgehead atoms. The van der Waals surface area contributed by atoms with Gasteiger partial charge in [-0.05, 0) is 24.3 Å². The van der Waals surface area contributed by atoms with Gasteiger partial charge in [-0.2, -0.15) is 0 Å². The van der Waals surface area contributed by atoms with E-state index in [0.29, 0.717) is 5.06 Å². The summed E-state index contributed by atoms with van der Waals surface area (Å²) in [5.74, 6) is -4.21. The highest BCUT2D eigenvalue weighted by Gasteiger charge is 2.53. The summed E-state index contributed by atoms with van der Waals surface area (Å²) in [5, 5.41) is 3.10. The van der Waals surface area contributed by atoms with E-state index in [2.05, 4.69) is 5.32 Å². The predicted molar refractivity (Wildman–Crippen MR) is 145 cm³/mol. The van der Waals surface area contributed by atoms with Gasteiger partial charge in [0, 0.05) is 32.4 Å². The summed E-state index contributed by atoms with van der Waals surface area (Å²) in [6.07, 6.45) is -6.11. The van der Waals surface area contributed by atoms with Gasteiger partial charge in [-0.3, -0.25) is 28.8 Å². The van der Waals surface area contributed by atoms with Crippen LogP contribution < -0.4 is 14.8 Å². The van der Waals surface area contributed by atoms with Crippen molar-refractivity contribution in [2.75, 3.05) is 20.8 Å². The van der Waals surface area contributed by atoms with Crippen molar-refractivity contribution in [2.45, 2.75) is 51.4 Å². The van der Waals surface area contributed by atoms with E-state index in [4.69, 9.17) is 33.3 Å². The number of carbonyl (C=O) groups is 6. The smallest absolute Gasteiger partial charge is 0.303 e. The van der Waals surface area contributed by atoms with Crippen LogP contribution >= 0.6 is 0 Å². The maximum atomic E-state index is 13.6. The number of carbonyl (C=O) groups excluding carboxylic acids is 6. The number of amides is 3. The quantitative estimate of drug-likeness (QED) is 0.229. The molecule has 5 atom stereocenters. The van der Waals surface area contributed by atoms with Crippen molar-refractivity contribution < 1.29 is 62.0 Å². The van der Waals surface area contributed by atoms with Gasteiger partial charge >= 0.3 is 17.9 Å². The Hall–Kier alpha value is -5.02. The lowest BCUT2D eigenvalue weighted by Gasteiger charge is -2.45. The van der Waals surface area contributed by atoms with Crippen LogP contribution in [0, 0.1) is 0 Å². The van der Waals surface area contributed by atoms with Crippen LogP contribution in [0.15, 0.2) is 42.5 Å². The number of ether oxygens (including phenoxy) is 6. The van der Waals surface area contributed by atoms with Gasteiger partial charge in [0.05, 0.1) is 25.3 Å². The SMILES string of the molecule is COc1cc(OC)cc(C(=O)N[C@H]2[C@@H](OC(C)=O)[C@@H](COC(C)=O)O[C@@H](ON3C(=O)c4ccccc4C3=O)[C@@H]2OC(C)=O)c1. The third-order valence-corrected chi connectivity index (χ3v) is 6.58. The molecule has 0 aromatic heterocycles. The molecule has 234 valence electrons. The Morgan fingerprint density at radius 1 is 0.818 bits per heavy atom. The monoisotopic (exact) mass is 614 g/mol. The van der Waals surface area contributed by atoms with Crippen molar-refractivity contribution >= 4 is 35.6 Å². The first-order valence-electron chi connectivity index (χ1n) is 13.2. The highest BCUT2D eigenvalue weighted by molar-refractivity contribution is 6.20. The Balaban J connectivity index is 1.75. The maximum absolute atomic E-state index is 13.6. The molecule has 2 aliphatic heterocycles. The van der Waals surface area contributed by atoms with Gasteiger partial charge in [-0.1, -0.05) is 12.1 Å². The molecule has 0 aliphatic carbocycles. The fourth-order valence-electron chi connectivity index (χ4n) is 4.70. The number of esters is 3. The van der Waals surface area contributed by atoms with Gasteiger partial charge in [0.2, 0.25) is 6.29 Å². The van der Waals surface area contributed by atoms with E-state index in [1.807, 2.05) is 0 Å². The zero-order chi connectivity index (χ0) is 32.1. The van der Waals surface area contributed by atoms with Crippen molar-refractivity contribution in [2.24, 2.45) is 0 Å². The summed E-state index contributed by atoms with van der Waals surface area (Å²) in [5.41, 5.74) is 0.164. The number of rotatable bonds is 10. The van der Waals surface area contributed by atoms with Gasteiger partial charge < -0.3 is 33.7 Å². The van der Waals surface area contributed by atoms with Gasteiger partial charge in [-0.15, -0.1) is 5.06 Å². The minimum absolute atomic E-state index is 0.0465. The van der Waals surface area contributed by atoms with Gasteiger partial charge in [0.1, 0.15) is 30.3 Å². The molecule has 44 heavy (non-hydrogen) atoms. The van der Waals surface area contributed by atoms with E-state index < -0.39 is 72.9 Å². The average Bonchev–Trinajstić information content (AvgIpc) is 3.22. The second-order valence-corrected chi connectivity index (χ2v) is 9.65. The molecule has 15 heteroatoms. The van der Waals surface area contributed by atoms with Crippen molar-refractivity contribution in [3.05, 3.63) is 59.2 Å². The molecule has 1 fully saturated rings. The van der Waals surface area contributed by atoms with Gasteiger partial charge in [0.25, 0.3) is 17.7 Å². The Bertz CT molecular complexity index is 1420. The summed E-state index contributed by atoms with van der Waals surface area (Å²) < 4.78 is 32.5. The summed E-state index contributed by atoms with van der Waals surface area (Å²) in [6, 6.07) is 8.89. The second-order valence-electron chi connectivity index (χ2n) is 9.65. The highest BCUT2D eigenvalue weighted by atomic mass is 16.8. The molecule has 3 amide bonds. The highest BCUT2D eigenvalue weighted by Crippen LogP contribution is 2.32. The molecular weight excluding hydrogens is 584 g/mol. The van der Waals surface area contributed by atoms with E-state index in [9.17, 15) is 28.8 Å². The molecule has 0 saturated carbocycles. The average molecular weight is 615 g/mol. The number of hydroxylamine groups is 2. The number of nitrogens with zero attached hydrogens (tertiary/aromatic N) is 1. The van der Waals surface area contributed by atoms with Crippen LogP contribution in [0.5, 0.6) is 11.5 Å². The number of hydrogen-bond acceptors (Lipinski definition) is 13. The topological polar surface area (TPSA) is 182 Å². The largest absolute Gasteiger partial charge is 0.497 e. The normalized spacial score (nSPS) is 22.5. The van der Waals surface area contributed by atoms with Crippen LogP contribution in [0.25, 0.3) is 0 Å². The number of nitrogens with one attached hydrogen (secondary N) is 1. The summed E-state index contributed by atoms with van der Waals surface area (Å²) in [4.78, 5) is 81.6. The van der Waals surface area contributed by atoms with Crippen LogP contribution in [0.1, 0.15) is 51.8 Å². The van der Waals surface area contributed by atoms with E-state index in [1.165, 1.54) is 44.6 Å². The molecule has 4 rings (SSSR count). The second kappa shape index (κ2) is 13.5. The number of fused-ring (bicyclic) bond motifs is 1. The van der Waals surface area contributed by atoms with Crippen LogP contribution in [0.3, 0.4) is 0 Å². The zero-order valence-corrected chi connectivity index (χ0v) is 24.4. The number of imide groups is 1. The van der Waals surface area contributed by atoms with E-state index >= 15 is 0 Å². The van der Waals surface area contributed by atoms with E-state index in [1.54, 1.807) is 12.1 Å². The zero-order valence-electron chi connectivity index (χ0n) is 24.4. The lowest BCUT2D eigenvalue weighted by Crippen LogP contribution is -2.67. The molecule has 2 aliphatic rings. The van der Waals surface area contributed by atoms with Crippen molar-refractivity contribution in [1.29, 1.82) is 0 Å². The number of methoxy groups -OCH3 is 2. The van der Waals surface area contributed by atoms with Crippen molar-refractivity contribution in [1.82, 2.24) is 10.4 Å². The lowest BCUT2D eigenvalue weighted by atomic mass is 9.95. The van der Waals surface area contributed by atoms with E-state index in [-0.39, 0.29) is 28.2 Å². The Kier molecular flexibility index (Phi) is 9.80. The fourth-order valence-corrected chi connectivity index (χ4v) is 4.70.